The number of methoxy groups -OCH3 is 1. The molecule has 1 aromatic carbocycles. The van der Waals surface area contributed by atoms with Crippen LogP contribution in [0.2, 0.25) is 0 Å². The fraction of sp³-hybridized carbons (Fsp3) is 0.125. The summed E-state index contributed by atoms with van der Waals surface area (Å²) in [5.41, 5.74) is 2.81. The SMILES string of the molecule is COc1ccc(/C(C#N)=C2C=C/C(=N/O)C(C)=C/2Cl)cc1. The minimum Gasteiger partial charge on any atom is -0.497 e. The second-order valence-corrected chi connectivity index (χ2v) is 4.76. The molecule has 1 aliphatic rings. The maximum atomic E-state index is 9.45. The van der Waals surface area contributed by atoms with E-state index in [1.54, 1.807) is 50.5 Å². The molecule has 4 nitrogen and oxygen atoms in total. The highest BCUT2D eigenvalue weighted by Gasteiger charge is 2.18. The number of nitriles is 1. The summed E-state index contributed by atoms with van der Waals surface area (Å²) >= 11 is 6.29. The van der Waals surface area contributed by atoms with Gasteiger partial charge in [0.2, 0.25) is 0 Å². The minimum atomic E-state index is 0.385. The van der Waals surface area contributed by atoms with Crippen LogP contribution in [0.5, 0.6) is 5.75 Å². The molecular formula is C16H13ClN2O2. The lowest BCUT2D eigenvalue weighted by Crippen LogP contribution is -2.05. The van der Waals surface area contributed by atoms with Gasteiger partial charge in [0.25, 0.3) is 0 Å². The molecule has 0 unspecified atom stereocenters. The number of nitrogens with zero attached hydrogens (tertiary/aromatic N) is 2. The van der Waals surface area contributed by atoms with Crippen LogP contribution < -0.4 is 4.74 Å². The number of hydrogen-bond acceptors (Lipinski definition) is 4. The Labute approximate surface area is 127 Å². The molecule has 1 aliphatic carbocycles. The zero-order chi connectivity index (χ0) is 15.4. The minimum absolute atomic E-state index is 0.385. The Hall–Kier alpha value is -2.51. The lowest BCUT2D eigenvalue weighted by atomic mass is 9.94. The number of halogens is 1. The van der Waals surface area contributed by atoms with Crippen molar-refractivity contribution in [3.05, 3.63) is 58.2 Å². The molecule has 1 aromatic rings. The summed E-state index contributed by atoms with van der Waals surface area (Å²) in [6.45, 7) is 1.74. The van der Waals surface area contributed by atoms with Crippen molar-refractivity contribution in [2.24, 2.45) is 5.16 Å². The largest absolute Gasteiger partial charge is 0.497 e. The first-order valence-corrected chi connectivity index (χ1v) is 6.56. The van der Waals surface area contributed by atoms with E-state index in [9.17, 15) is 5.26 Å². The Balaban J connectivity index is 2.57. The van der Waals surface area contributed by atoms with E-state index in [0.717, 1.165) is 5.56 Å². The Bertz CT molecular complexity index is 720. The third-order valence-corrected chi connectivity index (χ3v) is 3.71. The Morgan fingerprint density at radius 3 is 2.48 bits per heavy atom. The zero-order valence-electron chi connectivity index (χ0n) is 11.6. The molecule has 0 heterocycles. The van der Waals surface area contributed by atoms with Crippen molar-refractivity contribution >= 4 is 22.9 Å². The lowest BCUT2D eigenvalue weighted by Gasteiger charge is -2.14. The highest BCUT2D eigenvalue weighted by Crippen LogP contribution is 2.32. The molecular weight excluding hydrogens is 288 g/mol. The lowest BCUT2D eigenvalue weighted by molar-refractivity contribution is 0.319. The summed E-state index contributed by atoms with van der Waals surface area (Å²) < 4.78 is 5.10. The number of rotatable bonds is 2. The van der Waals surface area contributed by atoms with Crippen LogP contribution >= 0.6 is 11.6 Å². The predicted molar refractivity (Wildman–Crippen MR) is 82.4 cm³/mol. The van der Waals surface area contributed by atoms with E-state index in [4.69, 9.17) is 21.5 Å². The molecule has 0 atom stereocenters. The topological polar surface area (TPSA) is 65.6 Å². The smallest absolute Gasteiger partial charge is 0.118 e. The van der Waals surface area contributed by atoms with Crippen LogP contribution in [0.4, 0.5) is 0 Å². The van der Waals surface area contributed by atoms with Gasteiger partial charge in [0, 0.05) is 5.57 Å². The molecule has 0 fully saturated rings. The average molecular weight is 301 g/mol. The van der Waals surface area contributed by atoms with Gasteiger partial charge in [-0.25, -0.2) is 0 Å². The van der Waals surface area contributed by atoms with Gasteiger partial charge < -0.3 is 9.94 Å². The summed E-state index contributed by atoms with van der Waals surface area (Å²) in [7, 11) is 1.58. The molecule has 106 valence electrons. The van der Waals surface area contributed by atoms with Gasteiger partial charge in [0.15, 0.2) is 0 Å². The molecule has 5 heteroatoms. The first-order valence-electron chi connectivity index (χ1n) is 6.18. The first kappa shape index (κ1) is 14.9. The van der Waals surface area contributed by atoms with Crippen molar-refractivity contribution in [1.82, 2.24) is 0 Å². The van der Waals surface area contributed by atoms with Gasteiger partial charge >= 0.3 is 0 Å². The predicted octanol–water partition coefficient (Wildman–Crippen LogP) is 3.89. The molecule has 2 rings (SSSR count). The summed E-state index contributed by atoms with van der Waals surface area (Å²) in [6, 6.07) is 9.34. The van der Waals surface area contributed by atoms with Gasteiger partial charge in [0.1, 0.15) is 17.5 Å². The van der Waals surface area contributed by atoms with Gasteiger partial charge in [0.05, 0.1) is 17.7 Å². The number of hydrogen-bond donors (Lipinski definition) is 1. The van der Waals surface area contributed by atoms with Gasteiger partial charge in [-0.1, -0.05) is 16.8 Å². The molecule has 21 heavy (non-hydrogen) atoms. The van der Waals surface area contributed by atoms with E-state index >= 15 is 0 Å². The van der Waals surface area contributed by atoms with Crippen LogP contribution in [0.1, 0.15) is 12.5 Å². The van der Waals surface area contributed by atoms with Crippen molar-refractivity contribution in [2.45, 2.75) is 6.92 Å². The second kappa shape index (κ2) is 6.29. The van der Waals surface area contributed by atoms with E-state index in [2.05, 4.69) is 11.2 Å². The van der Waals surface area contributed by atoms with Crippen LogP contribution in [0, 0.1) is 11.3 Å². The van der Waals surface area contributed by atoms with Gasteiger partial charge in [-0.2, -0.15) is 5.26 Å². The molecule has 0 saturated heterocycles. The molecule has 0 spiro atoms. The fourth-order valence-corrected chi connectivity index (χ4v) is 2.27. The van der Waals surface area contributed by atoms with E-state index in [-0.39, 0.29) is 0 Å². The Kier molecular flexibility index (Phi) is 4.46. The summed E-state index contributed by atoms with van der Waals surface area (Å²) in [5, 5.41) is 21.9. The molecule has 0 aromatic heterocycles. The van der Waals surface area contributed by atoms with Crippen molar-refractivity contribution in [1.29, 1.82) is 5.26 Å². The molecule has 0 amide bonds. The summed E-state index contributed by atoms with van der Waals surface area (Å²) in [5.74, 6) is 0.716. The number of benzene rings is 1. The average Bonchev–Trinajstić information content (AvgIpc) is 2.53. The maximum absolute atomic E-state index is 9.45. The van der Waals surface area contributed by atoms with E-state index in [1.165, 1.54) is 0 Å². The highest BCUT2D eigenvalue weighted by atomic mass is 35.5. The monoisotopic (exact) mass is 300 g/mol. The first-order chi connectivity index (χ1) is 10.1. The third kappa shape index (κ3) is 2.83. The number of oxime groups is 1. The summed E-state index contributed by atoms with van der Waals surface area (Å²) in [4.78, 5) is 0. The van der Waals surface area contributed by atoms with E-state index in [1.807, 2.05) is 0 Å². The quantitative estimate of drug-likeness (QED) is 0.512. The zero-order valence-corrected chi connectivity index (χ0v) is 12.3. The molecule has 0 radical (unpaired) electrons. The van der Waals surface area contributed by atoms with Crippen LogP contribution in [0.15, 0.2) is 57.8 Å². The molecule has 0 aliphatic heterocycles. The van der Waals surface area contributed by atoms with E-state index < -0.39 is 0 Å². The fourth-order valence-electron chi connectivity index (χ4n) is 2.01. The standard InChI is InChI=1S/C16H13ClN2O2/c1-10-15(19-20)8-7-13(16(10)17)14(9-18)11-3-5-12(21-2)6-4-11/h3-8,20H,1-2H3/b14-13-,19-15-. The normalized spacial score (nSPS) is 18.7. The van der Waals surface area contributed by atoms with Crippen LogP contribution in [-0.4, -0.2) is 18.0 Å². The van der Waals surface area contributed by atoms with Crippen LogP contribution in [0.25, 0.3) is 5.57 Å². The van der Waals surface area contributed by atoms with Crippen molar-refractivity contribution < 1.29 is 9.94 Å². The Morgan fingerprint density at radius 1 is 1.29 bits per heavy atom. The van der Waals surface area contributed by atoms with E-state index in [0.29, 0.717) is 33.2 Å². The molecule has 0 saturated carbocycles. The number of ether oxygens (including phenoxy) is 1. The third-order valence-electron chi connectivity index (χ3n) is 3.23. The summed E-state index contributed by atoms with van der Waals surface area (Å²) in [6.07, 6.45) is 3.30. The van der Waals surface area contributed by atoms with Crippen molar-refractivity contribution in [3.8, 4) is 11.8 Å². The maximum Gasteiger partial charge on any atom is 0.118 e. The van der Waals surface area contributed by atoms with Gasteiger partial charge in [-0.05, 0) is 54.5 Å². The second-order valence-electron chi connectivity index (χ2n) is 4.39. The van der Waals surface area contributed by atoms with Gasteiger partial charge in [-0.3, -0.25) is 0 Å². The molecule has 1 N–H and O–H groups in total. The molecule has 0 bridgehead atoms. The van der Waals surface area contributed by atoms with Crippen LogP contribution in [-0.2, 0) is 0 Å². The van der Waals surface area contributed by atoms with Gasteiger partial charge in [-0.15, -0.1) is 0 Å². The van der Waals surface area contributed by atoms with Crippen molar-refractivity contribution in [2.75, 3.05) is 7.11 Å². The Morgan fingerprint density at radius 2 is 1.95 bits per heavy atom. The van der Waals surface area contributed by atoms with Crippen LogP contribution in [0.3, 0.4) is 0 Å². The number of allylic oxidation sites excluding steroid dienone is 6. The van der Waals surface area contributed by atoms with Crippen molar-refractivity contribution in [3.63, 3.8) is 0 Å². The highest BCUT2D eigenvalue weighted by molar-refractivity contribution is 6.37.